The van der Waals surface area contributed by atoms with E-state index < -0.39 is 0 Å². The molecule has 2 nitrogen and oxygen atoms in total. The Bertz CT molecular complexity index is 300. The minimum Gasteiger partial charge on any atom is -0.359 e. The van der Waals surface area contributed by atoms with Crippen molar-refractivity contribution in [3.63, 3.8) is 0 Å². The van der Waals surface area contributed by atoms with Crippen molar-refractivity contribution in [1.82, 2.24) is 4.98 Å². The van der Waals surface area contributed by atoms with E-state index in [4.69, 9.17) is 0 Å². The Kier molecular flexibility index (Phi) is 3.62. The quantitative estimate of drug-likeness (QED) is 0.847. The molecule has 2 rings (SSSR count). The summed E-state index contributed by atoms with van der Waals surface area (Å²) in [4.78, 5) is 4.55. The van der Waals surface area contributed by atoms with Gasteiger partial charge in [0.2, 0.25) is 0 Å². The van der Waals surface area contributed by atoms with Crippen LogP contribution in [0.1, 0.15) is 45.2 Å². The number of aryl methyl sites for hydroxylation is 1. The number of hydrogen-bond acceptors (Lipinski definition) is 3. The monoisotopic (exact) mass is 224 g/mol. The summed E-state index contributed by atoms with van der Waals surface area (Å²) in [5.74, 6) is 0.922. The smallest absolute Gasteiger partial charge is 0.183 e. The minimum atomic E-state index is 0.664. The van der Waals surface area contributed by atoms with E-state index in [1.807, 2.05) is 0 Å². The van der Waals surface area contributed by atoms with E-state index in [2.05, 4.69) is 29.5 Å². The molecule has 0 atom stereocenters. The molecule has 0 aromatic carbocycles. The van der Waals surface area contributed by atoms with Crippen LogP contribution in [-0.4, -0.2) is 11.0 Å². The number of nitrogens with zero attached hydrogens (tertiary/aromatic N) is 1. The molecule has 0 bridgehead atoms. The standard InChI is InChI=1S/C12H20N2S/c1-3-10-8-15-12(13-10)14-11-6-4-9(2)5-7-11/h8-9,11H,3-7H2,1-2H3,(H,13,14). The molecule has 1 fully saturated rings. The van der Waals surface area contributed by atoms with Crippen LogP contribution < -0.4 is 5.32 Å². The average molecular weight is 224 g/mol. The zero-order valence-corrected chi connectivity index (χ0v) is 10.4. The van der Waals surface area contributed by atoms with E-state index in [0.717, 1.165) is 17.5 Å². The number of thiazole rings is 1. The second-order valence-corrected chi connectivity index (χ2v) is 5.46. The summed E-state index contributed by atoms with van der Waals surface area (Å²) in [5, 5.41) is 6.84. The van der Waals surface area contributed by atoms with E-state index in [1.165, 1.54) is 31.4 Å². The lowest BCUT2D eigenvalue weighted by atomic mass is 9.87. The SMILES string of the molecule is CCc1csc(NC2CCC(C)CC2)n1. The highest BCUT2D eigenvalue weighted by molar-refractivity contribution is 7.13. The molecule has 1 N–H and O–H groups in total. The van der Waals surface area contributed by atoms with Gasteiger partial charge in [-0.15, -0.1) is 11.3 Å². The van der Waals surface area contributed by atoms with E-state index in [-0.39, 0.29) is 0 Å². The van der Waals surface area contributed by atoms with E-state index in [0.29, 0.717) is 6.04 Å². The van der Waals surface area contributed by atoms with Crippen LogP contribution in [0.2, 0.25) is 0 Å². The van der Waals surface area contributed by atoms with E-state index >= 15 is 0 Å². The fourth-order valence-electron chi connectivity index (χ4n) is 2.11. The third-order valence-corrected chi connectivity index (χ3v) is 4.08. The summed E-state index contributed by atoms with van der Waals surface area (Å²) in [7, 11) is 0. The summed E-state index contributed by atoms with van der Waals surface area (Å²) in [6, 6.07) is 0.664. The van der Waals surface area contributed by atoms with Crippen molar-refractivity contribution < 1.29 is 0 Å². The molecule has 3 heteroatoms. The Labute approximate surface area is 96.1 Å². The van der Waals surface area contributed by atoms with E-state index in [1.54, 1.807) is 11.3 Å². The highest BCUT2D eigenvalue weighted by Gasteiger charge is 2.18. The molecule has 0 radical (unpaired) electrons. The van der Waals surface area contributed by atoms with Gasteiger partial charge < -0.3 is 5.32 Å². The number of anilines is 1. The lowest BCUT2D eigenvalue weighted by Crippen LogP contribution is -2.25. The number of nitrogens with one attached hydrogen (secondary N) is 1. The van der Waals surface area contributed by atoms with Gasteiger partial charge >= 0.3 is 0 Å². The zero-order chi connectivity index (χ0) is 10.7. The molecule has 15 heavy (non-hydrogen) atoms. The second-order valence-electron chi connectivity index (χ2n) is 4.60. The highest BCUT2D eigenvalue weighted by atomic mass is 32.1. The molecule has 1 heterocycles. The van der Waals surface area contributed by atoms with Crippen LogP contribution in [0.15, 0.2) is 5.38 Å². The Morgan fingerprint density at radius 3 is 2.73 bits per heavy atom. The Morgan fingerprint density at radius 2 is 2.13 bits per heavy atom. The molecule has 0 unspecified atom stereocenters. The summed E-state index contributed by atoms with van der Waals surface area (Å²) in [5.41, 5.74) is 1.21. The van der Waals surface area contributed by atoms with Crippen LogP contribution in [0, 0.1) is 5.92 Å². The molecule has 1 aliphatic rings. The average Bonchev–Trinajstić information content (AvgIpc) is 2.69. The molecule has 84 valence electrons. The van der Waals surface area contributed by atoms with Gasteiger partial charge in [0.25, 0.3) is 0 Å². The first-order valence-electron chi connectivity index (χ1n) is 5.99. The van der Waals surface area contributed by atoms with Crippen molar-refractivity contribution in [2.24, 2.45) is 5.92 Å². The van der Waals surface area contributed by atoms with Crippen molar-refractivity contribution in [2.75, 3.05) is 5.32 Å². The highest BCUT2D eigenvalue weighted by Crippen LogP contribution is 2.27. The van der Waals surface area contributed by atoms with Crippen molar-refractivity contribution in [3.05, 3.63) is 11.1 Å². The maximum atomic E-state index is 4.55. The van der Waals surface area contributed by atoms with Crippen LogP contribution in [-0.2, 0) is 6.42 Å². The zero-order valence-electron chi connectivity index (χ0n) is 9.62. The predicted molar refractivity (Wildman–Crippen MR) is 66.5 cm³/mol. The van der Waals surface area contributed by atoms with Crippen LogP contribution in [0.4, 0.5) is 5.13 Å². The topological polar surface area (TPSA) is 24.9 Å². The van der Waals surface area contributed by atoms with Crippen LogP contribution >= 0.6 is 11.3 Å². The molecular formula is C12H20N2S. The van der Waals surface area contributed by atoms with Gasteiger partial charge in [-0.3, -0.25) is 0 Å². The Hall–Kier alpha value is -0.570. The van der Waals surface area contributed by atoms with Gasteiger partial charge in [0.1, 0.15) is 0 Å². The molecule has 0 amide bonds. The lowest BCUT2D eigenvalue weighted by Gasteiger charge is -2.26. The van der Waals surface area contributed by atoms with Gasteiger partial charge in [-0.2, -0.15) is 0 Å². The van der Waals surface area contributed by atoms with Gasteiger partial charge in [-0.25, -0.2) is 4.98 Å². The van der Waals surface area contributed by atoms with Gasteiger partial charge in [0, 0.05) is 11.4 Å². The number of rotatable bonds is 3. The summed E-state index contributed by atoms with van der Waals surface area (Å²) in [6.45, 7) is 4.51. The molecule has 1 saturated carbocycles. The third-order valence-electron chi connectivity index (χ3n) is 3.26. The molecule has 1 aromatic heterocycles. The fourth-order valence-corrected chi connectivity index (χ4v) is 2.99. The molecular weight excluding hydrogens is 204 g/mol. The lowest BCUT2D eigenvalue weighted by molar-refractivity contribution is 0.361. The molecule has 0 saturated heterocycles. The second kappa shape index (κ2) is 4.97. The van der Waals surface area contributed by atoms with Crippen LogP contribution in [0.5, 0.6) is 0 Å². The maximum absolute atomic E-state index is 4.55. The van der Waals surface area contributed by atoms with Crippen LogP contribution in [0.3, 0.4) is 0 Å². The van der Waals surface area contributed by atoms with Crippen molar-refractivity contribution >= 4 is 16.5 Å². The first-order chi connectivity index (χ1) is 7.28. The largest absolute Gasteiger partial charge is 0.359 e. The Balaban J connectivity index is 1.86. The first kappa shape index (κ1) is 10.9. The van der Waals surface area contributed by atoms with Gasteiger partial charge in [-0.1, -0.05) is 13.8 Å². The van der Waals surface area contributed by atoms with E-state index in [9.17, 15) is 0 Å². The molecule has 0 spiro atoms. The normalized spacial score (nSPS) is 26.5. The number of aromatic nitrogens is 1. The molecule has 0 aliphatic heterocycles. The summed E-state index contributed by atoms with van der Waals surface area (Å²) < 4.78 is 0. The van der Waals surface area contributed by atoms with Gasteiger partial charge in [0.05, 0.1) is 5.69 Å². The number of hydrogen-bond donors (Lipinski definition) is 1. The van der Waals surface area contributed by atoms with Crippen LogP contribution in [0.25, 0.3) is 0 Å². The van der Waals surface area contributed by atoms with Crippen molar-refractivity contribution in [1.29, 1.82) is 0 Å². The van der Waals surface area contributed by atoms with Gasteiger partial charge in [0.15, 0.2) is 5.13 Å². The van der Waals surface area contributed by atoms with Crippen molar-refractivity contribution in [2.45, 2.75) is 52.0 Å². The summed E-state index contributed by atoms with van der Waals surface area (Å²) in [6.07, 6.45) is 6.39. The maximum Gasteiger partial charge on any atom is 0.183 e. The van der Waals surface area contributed by atoms with Gasteiger partial charge in [-0.05, 0) is 38.0 Å². The van der Waals surface area contributed by atoms with Crippen molar-refractivity contribution in [3.8, 4) is 0 Å². The third kappa shape index (κ3) is 2.94. The minimum absolute atomic E-state index is 0.664. The Morgan fingerprint density at radius 1 is 1.40 bits per heavy atom. The fraction of sp³-hybridized carbons (Fsp3) is 0.750. The molecule has 1 aliphatic carbocycles. The summed E-state index contributed by atoms with van der Waals surface area (Å²) >= 11 is 1.75. The molecule has 1 aromatic rings. The predicted octanol–water partition coefficient (Wildman–Crippen LogP) is 3.70. The first-order valence-corrected chi connectivity index (χ1v) is 6.87.